The Labute approximate surface area is 159 Å². The molecule has 144 valence electrons. The van der Waals surface area contributed by atoms with Crippen molar-refractivity contribution in [3.63, 3.8) is 0 Å². The van der Waals surface area contributed by atoms with Crippen molar-refractivity contribution in [2.75, 3.05) is 24.5 Å². The minimum atomic E-state index is -0.569. The number of anilines is 1. The summed E-state index contributed by atoms with van der Waals surface area (Å²) in [6.07, 6.45) is 2.10. The Kier molecular flexibility index (Phi) is 6.35. The highest BCUT2D eigenvalue weighted by Gasteiger charge is 2.20. The summed E-state index contributed by atoms with van der Waals surface area (Å²) in [5.74, 6) is 0.958. The average molecular weight is 369 g/mol. The number of hydrogen-bond donors (Lipinski definition) is 3. The molecule has 1 fully saturated rings. The molecule has 1 aliphatic heterocycles. The summed E-state index contributed by atoms with van der Waals surface area (Å²) < 4.78 is 5.38. The van der Waals surface area contributed by atoms with Gasteiger partial charge in [0.15, 0.2) is 11.7 Å². The second-order valence-electron chi connectivity index (χ2n) is 6.57. The van der Waals surface area contributed by atoms with Crippen LogP contribution in [-0.4, -0.2) is 37.5 Å². The molecule has 27 heavy (non-hydrogen) atoms. The van der Waals surface area contributed by atoms with Crippen molar-refractivity contribution < 1.29 is 9.21 Å². The molecule has 2 heterocycles. The van der Waals surface area contributed by atoms with Crippen LogP contribution < -0.4 is 21.3 Å². The predicted molar refractivity (Wildman–Crippen MR) is 107 cm³/mol. The van der Waals surface area contributed by atoms with E-state index in [-0.39, 0.29) is 5.76 Å². The number of hydrogen-bond acceptors (Lipinski definition) is 4. The zero-order chi connectivity index (χ0) is 19.1. The second kappa shape index (κ2) is 9.12. The smallest absolute Gasteiger partial charge is 0.284 e. The van der Waals surface area contributed by atoms with Gasteiger partial charge in [0.25, 0.3) is 5.91 Å². The fraction of sp³-hybridized carbons (Fsp3) is 0.400. The van der Waals surface area contributed by atoms with Gasteiger partial charge < -0.3 is 25.7 Å². The standard InChI is InChI=1S/C20H27N5O2/c1-2-22-20(23-14-17-8-9-18(27-17)19(21)26)24-15-10-12-25(13-11-15)16-6-4-3-5-7-16/h3-9,15H,2,10-14H2,1H3,(H2,21,26)(H2,22,23,24). The van der Waals surface area contributed by atoms with Gasteiger partial charge in [0.05, 0.1) is 0 Å². The molecular formula is C20H27N5O2. The van der Waals surface area contributed by atoms with E-state index in [1.807, 2.05) is 13.0 Å². The van der Waals surface area contributed by atoms with E-state index in [1.165, 1.54) is 5.69 Å². The van der Waals surface area contributed by atoms with Gasteiger partial charge in [-0.1, -0.05) is 18.2 Å². The van der Waals surface area contributed by atoms with Gasteiger partial charge in [0.2, 0.25) is 0 Å². The fourth-order valence-corrected chi connectivity index (χ4v) is 3.19. The molecule has 7 heteroatoms. The van der Waals surface area contributed by atoms with E-state index < -0.39 is 5.91 Å². The number of aliphatic imine (C=N–C) groups is 1. The zero-order valence-corrected chi connectivity index (χ0v) is 15.6. The van der Waals surface area contributed by atoms with Crippen LogP contribution in [0.3, 0.4) is 0 Å². The zero-order valence-electron chi connectivity index (χ0n) is 15.6. The largest absolute Gasteiger partial charge is 0.454 e. The van der Waals surface area contributed by atoms with E-state index in [9.17, 15) is 4.79 Å². The van der Waals surface area contributed by atoms with Crippen molar-refractivity contribution in [3.8, 4) is 0 Å². The number of amides is 1. The van der Waals surface area contributed by atoms with E-state index in [0.29, 0.717) is 18.3 Å². The lowest BCUT2D eigenvalue weighted by Gasteiger charge is -2.34. The SMILES string of the molecule is CCNC(=NCc1ccc(C(N)=O)o1)NC1CCN(c2ccccc2)CC1. The molecule has 3 rings (SSSR count). The maximum atomic E-state index is 11.1. The van der Waals surface area contributed by atoms with Crippen LogP contribution in [0.2, 0.25) is 0 Å². The molecule has 0 atom stereocenters. The minimum Gasteiger partial charge on any atom is -0.454 e. The van der Waals surface area contributed by atoms with Gasteiger partial charge in [-0.05, 0) is 44.0 Å². The highest BCUT2D eigenvalue weighted by atomic mass is 16.3. The number of benzene rings is 1. The molecule has 0 aliphatic carbocycles. The fourth-order valence-electron chi connectivity index (χ4n) is 3.19. The quantitative estimate of drug-likeness (QED) is 0.535. The molecule has 0 bridgehead atoms. The molecule has 4 N–H and O–H groups in total. The Morgan fingerprint density at radius 3 is 2.59 bits per heavy atom. The third-order valence-electron chi connectivity index (χ3n) is 4.60. The van der Waals surface area contributed by atoms with Gasteiger partial charge in [0.1, 0.15) is 12.3 Å². The lowest BCUT2D eigenvalue weighted by molar-refractivity contribution is 0.0972. The van der Waals surface area contributed by atoms with Gasteiger partial charge in [-0.3, -0.25) is 4.79 Å². The number of para-hydroxylation sites is 1. The van der Waals surface area contributed by atoms with Crippen LogP contribution in [0.5, 0.6) is 0 Å². The van der Waals surface area contributed by atoms with Gasteiger partial charge in [-0.15, -0.1) is 0 Å². The Bertz CT molecular complexity index is 764. The average Bonchev–Trinajstić information content (AvgIpc) is 3.17. The number of nitrogens with zero attached hydrogens (tertiary/aromatic N) is 2. The van der Waals surface area contributed by atoms with Crippen LogP contribution in [0.4, 0.5) is 5.69 Å². The summed E-state index contributed by atoms with van der Waals surface area (Å²) in [5.41, 5.74) is 6.49. The first-order chi connectivity index (χ1) is 13.2. The topological polar surface area (TPSA) is 95.9 Å². The first-order valence-electron chi connectivity index (χ1n) is 9.39. The third kappa shape index (κ3) is 5.26. The Hall–Kier alpha value is -2.96. The van der Waals surface area contributed by atoms with E-state index in [0.717, 1.165) is 38.4 Å². The molecule has 1 aromatic heterocycles. The number of primary amides is 1. The summed E-state index contributed by atoms with van der Waals surface area (Å²) in [5, 5.41) is 6.77. The lowest BCUT2D eigenvalue weighted by Crippen LogP contribution is -2.48. The summed E-state index contributed by atoms with van der Waals surface area (Å²) in [4.78, 5) is 18.1. The number of nitrogens with two attached hydrogens (primary N) is 1. The highest BCUT2D eigenvalue weighted by molar-refractivity contribution is 5.89. The number of nitrogens with one attached hydrogen (secondary N) is 2. The second-order valence-corrected chi connectivity index (χ2v) is 6.57. The Balaban J connectivity index is 1.54. The van der Waals surface area contributed by atoms with Crippen molar-refractivity contribution >= 4 is 17.6 Å². The Morgan fingerprint density at radius 2 is 1.96 bits per heavy atom. The molecule has 1 amide bonds. The molecule has 2 aromatic rings. The highest BCUT2D eigenvalue weighted by Crippen LogP contribution is 2.19. The van der Waals surface area contributed by atoms with Crippen molar-refractivity contribution in [1.82, 2.24) is 10.6 Å². The molecular weight excluding hydrogens is 342 g/mol. The van der Waals surface area contributed by atoms with Crippen molar-refractivity contribution in [3.05, 3.63) is 54.0 Å². The number of guanidine groups is 1. The number of furan rings is 1. The number of carbonyl (C=O) groups is 1. The summed E-state index contributed by atoms with van der Waals surface area (Å²) in [7, 11) is 0. The molecule has 7 nitrogen and oxygen atoms in total. The van der Waals surface area contributed by atoms with E-state index in [1.54, 1.807) is 12.1 Å². The molecule has 0 radical (unpaired) electrons. The Morgan fingerprint density at radius 1 is 1.22 bits per heavy atom. The van der Waals surface area contributed by atoms with E-state index in [2.05, 4.69) is 44.8 Å². The van der Waals surface area contributed by atoms with Crippen molar-refractivity contribution in [1.29, 1.82) is 0 Å². The molecule has 0 saturated carbocycles. The van der Waals surface area contributed by atoms with Gasteiger partial charge in [-0.25, -0.2) is 4.99 Å². The van der Waals surface area contributed by atoms with Gasteiger partial charge >= 0.3 is 0 Å². The van der Waals surface area contributed by atoms with Crippen LogP contribution in [-0.2, 0) is 6.54 Å². The van der Waals surface area contributed by atoms with Crippen molar-refractivity contribution in [2.24, 2.45) is 10.7 Å². The van der Waals surface area contributed by atoms with Crippen molar-refractivity contribution in [2.45, 2.75) is 32.4 Å². The third-order valence-corrected chi connectivity index (χ3v) is 4.60. The molecule has 0 unspecified atom stereocenters. The number of piperidine rings is 1. The van der Waals surface area contributed by atoms with Crippen LogP contribution in [0.1, 0.15) is 36.1 Å². The van der Waals surface area contributed by atoms with E-state index >= 15 is 0 Å². The molecule has 0 spiro atoms. The maximum Gasteiger partial charge on any atom is 0.284 e. The van der Waals surface area contributed by atoms with E-state index in [4.69, 9.17) is 10.2 Å². The van der Waals surface area contributed by atoms with Crippen LogP contribution in [0, 0.1) is 0 Å². The summed E-state index contributed by atoms with van der Waals surface area (Å²) >= 11 is 0. The lowest BCUT2D eigenvalue weighted by atomic mass is 10.0. The van der Waals surface area contributed by atoms with Gasteiger partial charge in [0, 0.05) is 31.4 Å². The van der Waals surface area contributed by atoms with Gasteiger partial charge in [-0.2, -0.15) is 0 Å². The van der Waals surface area contributed by atoms with Crippen LogP contribution in [0.15, 0.2) is 51.9 Å². The number of carbonyl (C=O) groups excluding carboxylic acids is 1. The normalized spacial score (nSPS) is 15.6. The molecule has 1 saturated heterocycles. The summed E-state index contributed by atoms with van der Waals surface area (Å²) in [6, 6.07) is 14.2. The number of rotatable bonds is 6. The van der Waals surface area contributed by atoms with Crippen LogP contribution in [0.25, 0.3) is 0 Å². The first-order valence-corrected chi connectivity index (χ1v) is 9.39. The molecule has 1 aromatic carbocycles. The van der Waals surface area contributed by atoms with Crippen LogP contribution >= 0.6 is 0 Å². The molecule has 1 aliphatic rings. The minimum absolute atomic E-state index is 0.159. The first kappa shape index (κ1) is 18.8. The predicted octanol–water partition coefficient (Wildman–Crippen LogP) is 2.10. The summed E-state index contributed by atoms with van der Waals surface area (Å²) in [6.45, 7) is 5.20. The maximum absolute atomic E-state index is 11.1. The monoisotopic (exact) mass is 369 g/mol.